The molecule has 3 rings (SSSR count). The second kappa shape index (κ2) is 5.09. The fraction of sp³-hybridized carbons (Fsp3) is 0.600. The molecule has 2 nitrogen and oxygen atoms in total. The molecule has 1 fully saturated rings. The van der Waals surface area contributed by atoms with Gasteiger partial charge in [0.1, 0.15) is 0 Å². The molecular weight excluding hydrogens is 208 g/mol. The molecule has 0 radical (unpaired) electrons. The van der Waals surface area contributed by atoms with Gasteiger partial charge >= 0.3 is 0 Å². The predicted molar refractivity (Wildman–Crippen MR) is 72.5 cm³/mol. The Kier molecular flexibility index (Phi) is 3.32. The van der Waals surface area contributed by atoms with Crippen LogP contribution in [0.1, 0.15) is 43.6 Å². The van der Waals surface area contributed by atoms with Crippen LogP contribution in [0, 0.1) is 0 Å². The van der Waals surface area contributed by atoms with Crippen molar-refractivity contribution in [2.24, 2.45) is 0 Å². The van der Waals surface area contributed by atoms with E-state index in [4.69, 9.17) is 0 Å². The maximum Gasteiger partial charge on any atom is 0.0376 e. The van der Waals surface area contributed by atoms with E-state index in [2.05, 4.69) is 34.9 Å². The van der Waals surface area contributed by atoms with Gasteiger partial charge in [-0.15, -0.1) is 0 Å². The highest BCUT2D eigenvalue weighted by Crippen LogP contribution is 2.33. The van der Waals surface area contributed by atoms with Crippen molar-refractivity contribution in [2.45, 2.75) is 44.1 Å². The second-order valence-corrected chi connectivity index (χ2v) is 5.39. The Morgan fingerprint density at radius 3 is 2.94 bits per heavy atom. The Morgan fingerprint density at radius 2 is 2.12 bits per heavy atom. The lowest BCUT2D eigenvalue weighted by atomic mass is 9.92. The van der Waals surface area contributed by atoms with Gasteiger partial charge in [0, 0.05) is 24.2 Å². The molecule has 2 aliphatic rings. The van der Waals surface area contributed by atoms with Crippen molar-refractivity contribution in [3.05, 3.63) is 29.8 Å². The van der Waals surface area contributed by atoms with Crippen molar-refractivity contribution < 1.29 is 0 Å². The molecule has 2 N–H and O–H groups in total. The summed E-state index contributed by atoms with van der Waals surface area (Å²) in [5.74, 6) is 0.731. The largest absolute Gasteiger partial charge is 0.384 e. The van der Waals surface area contributed by atoms with E-state index in [1.54, 1.807) is 0 Å². The highest BCUT2D eigenvalue weighted by Gasteiger charge is 2.21. The molecule has 0 bridgehead atoms. The van der Waals surface area contributed by atoms with Crippen LogP contribution in [0.3, 0.4) is 0 Å². The topological polar surface area (TPSA) is 24.1 Å². The van der Waals surface area contributed by atoms with Gasteiger partial charge in [0.25, 0.3) is 0 Å². The van der Waals surface area contributed by atoms with E-state index >= 15 is 0 Å². The van der Waals surface area contributed by atoms with Gasteiger partial charge in [0.05, 0.1) is 0 Å². The first-order chi connectivity index (χ1) is 8.43. The van der Waals surface area contributed by atoms with Crippen LogP contribution >= 0.6 is 0 Å². The van der Waals surface area contributed by atoms with E-state index in [9.17, 15) is 0 Å². The Bertz CT molecular complexity index is 371. The van der Waals surface area contributed by atoms with Crippen LogP contribution in [0.5, 0.6) is 0 Å². The van der Waals surface area contributed by atoms with Crippen molar-refractivity contribution in [2.75, 3.05) is 18.4 Å². The first kappa shape index (κ1) is 11.1. The van der Waals surface area contributed by atoms with Crippen molar-refractivity contribution in [1.29, 1.82) is 0 Å². The van der Waals surface area contributed by atoms with E-state index in [1.807, 2.05) is 0 Å². The summed E-state index contributed by atoms with van der Waals surface area (Å²) in [7, 11) is 0. The first-order valence-corrected chi connectivity index (χ1v) is 6.99. The van der Waals surface area contributed by atoms with Gasteiger partial charge < -0.3 is 10.6 Å². The molecule has 1 aliphatic carbocycles. The zero-order valence-electron chi connectivity index (χ0n) is 10.4. The van der Waals surface area contributed by atoms with E-state index < -0.39 is 0 Å². The van der Waals surface area contributed by atoms with Crippen LogP contribution in [0.15, 0.2) is 24.3 Å². The highest BCUT2D eigenvalue weighted by molar-refractivity contribution is 5.57. The summed E-state index contributed by atoms with van der Waals surface area (Å²) in [5, 5.41) is 7.15. The molecule has 1 aliphatic heterocycles. The number of nitrogens with one attached hydrogen (secondary N) is 2. The molecule has 92 valence electrons. The second-order valence-electron chi connectivity index (χ2n) is 5.39. The summed E-state index contributed by atoms with van der Waals surface area (Å²) in [5.41, 5.74) is 2.88. The van der Waals surface area contributed by atoms with E-state index in [1.165, 1.54) is 49.9 Å². The third kappa shape index (κ3) is 2.47. The first-order valence-electron chi connectivity index (χ1n) is 6.99. The molecule has 0 saturated heterocycles. The minimum atomic E-state index is 0.731. The van der Waals surface area contributed by atoms with E-state index in [0.717, 1.165) is 18.5 Å². The van der Waals surface area contributed by atoms with Gasteiger partial charge in [-0.3, -0.25) is 0 Å². The monoisotopic (exact) mass is 230 g/mol. The molecular formula is C15H22N2. The molecule has 1 unspecified atom stereocenters. The average Bonchev–Trinajstić information content (AvgIpc) is 2.70. The summed E-state index contributed by atoms with van der Waals surface area (Å²) >= 11 is 0. The van der Waals surface area contributed by atoms with Crippen molar-refractivity contribution in [1.82, 2.24) is 5.32 Å². The van der Waals surface area contributed by atoms with Crippen LogP contribution in [0.4, 0.5) is 5.69 Å². The van der Waals surface area contributed by atoms with Crippen LogP contribution < -0.4 is 10.6 Å². The lowest BCUT2D eigenvalue weighted by Crippen LogP contribution is -2.35. The summed E-state index contributed by atoms with van der Waals surface area (Å²) in [6.45, 7) is 2.33. The van der Waals surface area contributed by atoms with Gasteiger partial charge in [-0.05, 0) is 43.9 Å². The lowest BCUT2D eigenvalue weighted by molar-refractivity contribution is 0.336. The molecule has 0 aromatic heterocycles. The summed E-state index contributed by atoms with van der Waals surface area (Å²) in [6.07, 6.45) is 6.83. The molecule has 1 aromatic carbocycles. The molecule has 1 aromatic rings. The maximum atomic E-state index is 3.65. The highest BCUT2D eigenvalue weighted by atomic mass is 14.9. The predicted octanol–water partition coefficient (Wildman–Crippen LogP) is 3.12. The van der Waals surface area contributed by atoms with Crippen molar-refractivity contribution in [3.63, 3.8) is 0 Å². The number of benzene rings is 1. The number of hydrogen-bond donors (Lipinski definition) is 2. The zero-order chi connectivity index (χ0) is 11.5. The number of hydrogen-bond acceptors (Lipinski definition) is 2. The fourth-order valence-corrected chi connectivity index (χ4v) is 2.88. The Labute approximate surface area is 104 Å². The van der Waals surface area contributed by atoms with Gasteiger partial charge in [-0.25, -0.2) is 0 Å². The SMILES string of the molecule is c1ccc2c(c1)NCC2CCCNC1CCC1. The van der Waals surface area contributed by atoms with Crippen molar-refractivity contribution in [3.8, 4) is 0 Å². The number of anilines is 1. The Hall–Kier alpha value is -1.02. The molecule has 1 saturated carbocycles. The van der Waals surface area contributed by atoms with Crippen molar-refractivity contribution >= 4 is 5.69 Å². The Balaban J connectivity index is 1.43. The molecule has 1 heterocycles. The normalized spacial score (nSPS) is 22.9. The number of rotatable bonds is 5. The summed E-state index contributed by atoms with van der Waals surface area (Å²) in [4.78, 5) is 0. The summed E-state index contributed by atoms with van der Waals surface area (Å²) < 4.78 is 0. The molecule has 1 atom stereocenters. The smallest absolute Gasteiger partial charge is 0.0376 e. The van der Waals surface area contributed by atoms with Gasteiger partial charge in [-0.1, -0.05) is 24.6 Å². The van der Waals surface area contributed by atoms with E-state index in [0.29, 0.717) is 0 Å². The quantitative estimate of drug-likeness (QED) is 0.759. The minimum absolute atomic E-state index is 0.731. The number of fused-ring (bicyclic) bond motifs is 1. The van der Waals surface area contributed by atoms with Crippen LogP contribution in [0.25, 0.3) is 0 Å². The number of para-hydroxylation sites is 1. The van der Waals surface area contributed by atoms with Crippen LogP contribution in [-0.2, 0) is 0 Å². The van der Waals surface area contributed by atoms with Gasteiger partial charge in [0.15, 0.2) is 0 Å². The molecule has 0 amide bonds. The van der Waals surface area contributed by atoms with Crippen LogP contribution in [-0.4, -0.2) is 19.1 Å². The maximum absolute atomic E-state index is 3.65. The van der Waals surface area contributed by atoms with Crippen LogP contribution in [0.2, 0.25) is 0 Å². The molecule has 2 heteroatoms. The molecule has 0 spiro atoms. The zero-order valence-corrected chi connectivity index (χ0v) is 10.4. The lowest BCUT2D eigenvalue weighted by Gasteiger charge is -2.26. The average molecular weight is 230 g/mol. The van der Waals surface area contributed by atoms with Gasteiger partial charge in [0.2, 0.25) is 0 Å². The fourth-order valence-electron chi connectivity index (χ4n) is 2.88. The third-order valence-corrected chi connectivity index (χ3v) is 4.21. The Morgan fingerprint density at radius 1 is 1.24 bits per heavy atom. The standard InChI is InChI=1S/C15H22N2/c1-2-9-15-14(8-1)12(11-17-15)5-4-10-16-13-6-3-7-13/h1-2,8-9,12-13,16-17H,3-7,10-11H2. The summed E-state index contributed by atoms with van der Waals surface area (Å²) in [6, 6.07) is 9.59. The van der Waals surface area contributed by atoms with Gasteiger partial charge in [-0.2, -0.15) is 0 Å². The third-order valence-electron chi connectivity index (χ3n) is 4.21. The van der Waals surface area contributed by atoms with E-state index in [-0.39, 0.29) is 0 Å². The molecule has 17 heavy (non-hydrogen) atoms. The minimum Gasteiger partial charge on any atom is -0.384 e.